The van der Waals surface area contributed by atoms with Crippen LogP contribution in [0.4, 0.5) is 5.69 Å². The Hall–Kier alpha value is -1.11. The third-order valence-corrected chi connectivity index (χ3v) is 2.75. The summed E-state index contributed by atoms with van der Waals surface area (Å²) in [5, 5.41) is 3.72. The highest BCUT2D eigenvalue weighted by atomic mass is 127. The SMILES string of the molecule is Cc1noc(-c2ccc(I)c(N)c2)n1. The molecule has 0 aliphatic carbocycles. The second-order valence-electron chi connectivity index (χ2n) is 2.88. The number of rotatable bonds is 1. The van der Waals surface area contributed by atoms with Crippen molar-refractivity contribution in [3.05, 3.63) is 27.6 Å². The van der Waals surface area contributed by atoms with E-state index < -0.39 is 0 Å². The van der Waals surface area contributed by atoms with Gasteiger partial charge in [0.2, 0.25) is 0 Å². The van der Waals surface area contributed by atoms with Crippen LogP contribution in [0.3, 0.4) is 0 Å². The van der Waals surface area contributed by atoms with E-state index in [1.54, 1.807) is 6.92 Å². The first-order valence-electron chi connectivity index (χ1n) is 4.02. The lowest BCUT2D eigenvalue weighted by atomic mass is 10.2. The minimum atomic E-state index is 0.505. The fourth-order valence-corrected chi connectivity index (χ4v) is 1.43. The first-order valence-corrected chi connectivity index (χ1v) is 5.10. The van der Waals surface area contributed by atoms with Crippen molar-refractivity contribution in [1.82, 2.24) is 10.1 Å². The molecule has 0 bridgehead atoms. The van der Waals surface area contributed by atoms with E-state index >= 15 is 0 Å². The lowest BCUT2D eigenvalue weighted by Gasteiger charge is -1.99. The van der Waals surface area contributed by atoms with E-state index in [0.29, 0.717) is 11.7 Å². The van der Waals surface area contributed by atoms with Crippen LogP contribution in [0.25, 0.3) is 11.5 Å². The summed E-state index contributed by atoms with van der Waals surface area (Å²) in [6.45, 7) is 1.78. The van der Waals surface area contributed by atoms with Crippen molar-refractivity contribution in [2.45, 2.75) is 6.92 Å². The maximum Gasteiger partial charge on any atom is 0.257 e. The maximum atomic E-state index is 5.77. The van der Waals surface area contributed by atoms with Crippen molar-refractivity contribution < 1.29 is 4.52 Å². The van der Waals surface area contributed by atoms with Crippen LogP contribution in [0.15, 0.2) is 22.7 Å². The molecule has 1 heterocycles. The molecular formula is C9H8IN3O. The zero-order valence-electron chi connectivity index (χ0n) is 7.49. The van der Waals surface area contributed by atoms with Crippen molar-refractivity contribution in [3.8, 4) is 11.5 Å². The summed E-state index contributed by atoms with van der Waals surface area (Å²) in [5.74, 6) is 1.13. The molecule has 72 valence electrons. The Morgan fingerprint density at radius 1 is 1.43 bits per heavy atom. The molecule has 0 unspecified atom stereocenters. The minimum Gasteiger partial charge on any atom is -0.398 e. The topological polar surface area (TPSA) is 64.9 Å². The fraction of sp³-hybridized carbons (Fsp3) is 0.111. The van der Waals surface area contributed by atoms with E-state index in [1.165, 1.54) is 0 Å². The quantitative estimate of drug-likeness (QED) is 0.648. The zero-order valence-corrected chi connectivity index (χ0v) is 9.65. The van der Waals surface area contributed by atoms with Gasteiger partial charge in [-0.25, -0.2) is 0 Å². The van der Waals surface area contributed by atoms with Crippen molar-refractivity contribution in [1.29, 1.82) is 0 Å². The van der Waals surface area contributed by atoms with Crippen molar-refractivity contribution >= 4 is 28.3 Å². The van der Waals surface area contributed by atoms with Crippen LogP contribution in [0, 0.1) is 10.5 Å². The average Bonchev–Trinajstić information content (AvgIpc) is 2.57. The smallest absolute Gasteiger partial charge is 0.257 e. The average molecular weight is 301 g/mol. The van der Waals surface area contributed by atoms with Crippen LogP contribution >= 0.6 is 22.6 Å². The summed E-state index contributed by atoms with van der Waals surface area (Å²) >= 11 is 2.17. The van der Waals surface area contributed by atoms with E-state index in [1.807, 2.05) is 18.2 Å². The van der Waals surface area contributed by atoms with Gasteiger partial charge in [0, 0.05) is 14.8 Å². The maximum absolute atomic E-state index is 5.77. The van der Waals surface area contributed by atoms with Crippen LogP contribution in [0.2, 0.25) is 0 Å². The molecule has 0 atom stereocenters. The Morgan fingerprint density at radius 3 is 2.79 bits per heavy atom. The molecule has 1 aromatic heterocycles. The summed E-state index contributed by atoms with van der Waals surface area (Å²) in [6.07, 6.45) is 0. The molecule has 2 rings (SSSR count). The Kier molecular flexibility index (Phi) is 2.40. The Bertz CT molecular complexity index is 467. The number of benzene rings is 1. The van der Waals surface area contributed by atoms with Crippen molar-refractivity contribution in [2.24, 2.45) is 0 Å². The number of halogens is 1. The lowest BCUT2D eigenvalue weighted by Crippen LogP contribution is -1.89. The molecule has 0 spiro atoms. The van der Waals surface area contributed by atoms with E-state index in [-0.39, 0.29) is 0 Å². The van der Waals surface area contributed by atoms with Gasteiger partial charge >= 0.3 is 0 Å². The predicted molar refractivity (Wildman–Crippen MR) is 61.6 cm³/mol. The summed E-state index contributed by atoms with van der Waals surface area (Å²) in [7, 11) is 0. The van der Waals surface area contributed by atoms with Gasteiger partial charge in [-0.2, -0.15) is 4.98 Å². The van der Waals surface area contributed by atoms with E-state index in [9.17, 15) is 0 Å². The summed E-state index contributed by atoms with van der Waals surface area (Å²) < 4.78 is 6.04. The molecule has 0 radical (unpaired) electrons. The standard InChI is InChI=1S/C9H8IN3O/c1-5-12-9(14-13-5)6-2-3-7(10)8(11)4-6/h2-4H,11H2,1H3. The number of hydrogen-bond acceptors (Lipinski definition) is 4. The van der Waals surface area contributed by atoms with Crippen LogP contribution < -0.4 is 5.73 Å². The van der Waals surface area contributed by atoms with Crippen LogP contribution in [-0.4, -0.2) is 10.1 Å². The molecule has 4 nitrogen and oxygen atoms in total. The number of hydrogen-bond donors (Lipinski definition) is 1. The molecule has 2 N–H and O–H groups in total. The fourth-order valence-electron chi connectivity index (χ4n) is 1.09. The molecule has 0 aliphatic rings. The second kappa shape index (κ2) is 3.56. The van der Waals surface area contributed by atoms with Crippen LogP contribution in [0.5, 0.6) is 0 Å². The van der Waals surface area contributed by atoms with Gasteiger partial charge in [-0.15, -0.1) is 0 Å². The number of nitrogen functional groups attached to an aromatic ring is 1. The molecule has 5 heteroatoms. The van der Waals surface area contributed by atoms with Crippen LogP contribution in [-0.2, 0) is 0 Å². The number of aryl methyl sites for hydroxylation is 1. The molecule has 0 aliphatic heterocycles. The molecule has 0 saturated carbocycles. The first kappa shape index (κ1) is 9.45. The van der Waals surface area contributed by atoms with Crippen LogP contribution in [0.1, 0.15) is 5.82 Å². The number of anilines is 1. The molecule has 1 aromatic carbocycles. The Labute approximate surface area is 94.6 Å². The second-order valence-corrected chi connectivity index (χ2v) is 4.05. The van der Waals surface area contributed by atoms with Gasteiger partial charge in [0.25, 0.3) is 5.89 Å². The number of nitrogens with zero attached hydrogens (tertiary/aromatic N) is 2. The third kappa shape index (κ3) is 1.72. The highest BCUT2D eigenvalue weighted by Crippen LogP contribution is 2.23. The number of nitrogens with two attached hydrogens (primary N) is 1. The van der Waals surface area contributed by atoms with Gasteiger partial charge in [-0.05, 0) is 47.7 Å². The van der Waals surface area contributed by atoms with E-state index in [4.69, 9.17) is 10.3 Å². The van der Waals surface area contributed by atoms with Gasteiger partial charge in [0.1, 0.15) is 0 Å². The molecule has 0 amide bonds. The summed E-state index contributed by atoms with van der Waals surface area (Å²) in [5.41, 5.74) is 7.34. The van der Waals surface area contributed by atoms with E-state index in [2.05, 4.69) is 32.7 Å². The highest BCUT2D eigenvalue weighted by Gasteiger charge is 2.07. The lowest BCUT2D eigenvalue weighted by molar-refractivity contribution is 0.425. The zero-order chi connectivity index (χ0) is 10.1. The molecule has 0 saturated heterocycles. The van der Waals surface area contributed by atoms with E-state index in [0.717, 1.165) is 14.8 Å². The monoisotopic (exact) mass is 301 g/mol. The molecule has 14 heavy (non-hydrogen) atoms. The Balaban J connectivity index is 2.47. The molecule has 2 aromatic rings. The van der Waals surface area contributed by atoms with Crippen molar-refractivity contribution in [2.75, 3.05) is 5.73 Å². The molecular weight excluding hydrogens is 293 g/mol. The minimum absolute atomic E-state index is 0.505. The van der Waals surface area contributed by atoms with Gasteiger partial charge < -0.3 is 10.3 Å². The number of aromatic nitrogens is 2. The predicted octanol–water partition coefficient (Wildman–Crippen LogP) is 2.23. The van der Waals surface area contributed by atoms with Gasteiger partial charge in [0.05, 0.1) is 0 Å². The van der Waals surface area contributed by atoms with Gasteiger partial charge in [-0.3, -0.25) is 0 Å². The largest absolute Gasteiger partial charge is 0.398 e. The van der Waals surface area contributed by atoms with Crippen molar-refractivity contribution in [3.63, 3.8) is 0 Å². The summed E-state index contributed by atoms with van der Waals surface area (Å²) in [4.78, 5) is 4.12. The van der Waals surface area contributed by atoms with Gasteiger partial charge in [-0.1, -0.05) is 5.16 Å². The van der Waals surface area contributed by atoms with Gasteiger partial charge in [0.15, 0.2) is 5.82 Å². The first-order chi connectivity index (χ1) is 6.66. The Morgan fingerprint density at radius 2 is 2.21 bits per heavy atom. The molecule has 0 fully saturated rings. The highest BCUT2D eigenvalue weighted by molar-refractivity contribution is 14.1. The normalized spacial score (nSPS) is 10.4. The third-order valence-electron chi connectivity index (χ3n) is 1.77. The summed E-state index contributed by atoms with van der Waals surface area (Å²) in [6, 6.07) is 5.66.